The Bertz CT molecular complexity index is 474. The third-order valence-corrected chi connectivity index (χ3v) is 3.09. The molecule has 8 heteroatoms. The van der Waals surface area contributed by atoms with Crippen molar-refractivity contribution in [2.75, 3.05) is 18.0 Å². The Morgan fingerprint density at radius 1 is 1.47 bits per heavy atom. The van der Waals surface area contributed by atoms with Crippen molar-refractivity contribution in [1.29, 1.82) is 5.41 Å². The maximum absolute atomic E-state index is 12.7. The molecule has 2 heterocycles. The number of piperidine rings is 1. The van der Waals surface area contributed by atoms with Crippen LogP contribution in [0.1, 0.15) is 18.5 Å². The first kappa shape index (κ1) is 13.6. The van der Waals surface area contributed by atoms with Crippen molar-refractivity contribution < 1.29 is 13.2 Å². The van der Waals surface area contributed by atoms with E-state index in [2.05, 4.69) is 9.97 Å². The maximum Gasteiger partial charge on any atom is 0.393 e. The van der Waals surface area contributed by atoms with Gasteiger partial charge in [-0.25, -0.2) is 9.97 Å². The molecule has 1 aliphatic rings. The summed E-state index contributed by atoms with van der Waals surface area (Å²) in [6, 6.07) is 1.46. The highest BCUT2D eigenvalue weighted by molar-refractivity contribution is 5.93. The van der Waals surface area contributed by atoms with Gasteiger partial charge in [-0.3, -0.25) is 5.41 Å². The summed E-state index contributed by atoms with van der Waals surface area (Å²) in [7, 11) is 0. The SMILES string of the molecule is N=C(N)c1ccnc(N2CCCC(C(F)(F)F)C2)n1. The van der Waals surface area contributed by atoms with Gasteiger partial charge in [0, 0.05) is 19.3 Å². The van der Waals surface area contributed by atoms with Gasteiger partial charge in [0.25, 0.3) is 0 Å². The molecule has 0 aromatic carbocycles. The Morgan fingerprint density at radius 3 is 2.84 bits per heavy atom. The highest BCUT2D eigenvalue weighted by atomic mass is 19.4. The summed E-state index contributed by atoms with van der Waals surface area (Å²) >= 11 is 0. The van der Waals surface area contributed by atoms with Gasteiger partial charge in [0.15, 0.2) is 0 Å². The monoisotopic (exact) mass is 273 g/mol. The van der Waals surface area contributed by atoms with Gasteiger partial charge >= 0.3 is 6.18 Å². The number of hydrogen-bond acceptors (Lipinski definition) is 4. The number of amidine groups is 1. The molecular weight excluding hydrogens is 259 g/mol. The van der Waals surface area contributed by atoms with Gasteiger partial charge < -0.3 is 10.6 Å². The van der Waals surface area contributed by atoms with E-state index in [0.29, 0.717) is 13.0 Å². The van der Waals surface area contributed by atoms with E-state index in [9.17, 15) is 13.2 Å². The van der Waals surface area contributed by atoms with Gasteiger partial charge in [-0.05, 0) is 18.9 Å². The second-order valence-corrected chi connectivity index (χ2v) is 4.48. The molecule has 2 rings (SSSR count). The Kier molecular flexibility index (Phi) is 3.59. The zero-order valence-electron chi connectivity index (χ0n) is 10.1. The van der Waals surface area contributed by atoms with Crippen molar-refractivity contribution in [1.82, 2.24) is 9.97 Å². The van der Waals surface area contributed by atoms with Gasteiger partial charge in [0.1, 0.15) is 11.5 Å². The van der Waals surface area contributed by atoms with Gasteiger partial charge in [-0.1, -0.05) is 0 Å². The molecule has 0 amide bonds. The number of hydrogen-bond donors (Lipinski definition) is 2. The van der Waals surface area contributed by atoms with Gasteiger partial charge in [0.05, 0.1) is 5.92 Å². The molecule has 1 atom stereocenters. The molecule has 19 heavy (non-hydrogen) atoms. The van der Waals surface area contributed by atoms with E-state index in [1.165, 1.54) is 17.2 Å². The van der Waals surface area contributed by atoms with Crippen molar-refractivity contribution in [3.8, 4) is 0 Å². The number of aromatic nitrogens is 2. The average molecular weight is 273 g/mol. The molecule has 1 saturated heterocycles. The Labute approximate surface area is 108 Å². The molecule has 0 bridgehead atoms. The van der Waals surface area contributed by atoms with Crippen LogP contribution < -0.4 is 10.6 Å². The summed E-state index contributed by atoms with van der Waals surface area (Å²) in [5, 5.41) is 7.27. The van der Waals surface area contributed by atoms with Gasteiger partial charge in [-0.2, -0.15) is 13.2 Å². The summed E-state index contributed by atoms with van der Waals surface area (Å²) in [4.78, 5) is 9.46. The molecule has 0 aliphatic carbocycles. The van der Waals surface area contributed by atoms with Crippen molar-refractivity contribution in [2.24, 2.45) is 11.7 Å². The van der Waals surface area contributed by atoms with E-state index in [-0.39, 0.29) is 30.4 Å². The lowest BCUT2D eigenvalue weighted by atomic mass is 9.98. The molecule has 1 unspecified atom stereocenters. The number of rotatable bonds is 2. The van der Waals surface area contributed by atoms with Crippen LogP contribution in [0.5, 0.6) is 0 Å². The third-order valence-electron chi connectivity index (χ3n) is 3.09. The lowest BCUT2D eigenvalue weighted by Crippen LogP contribution is -2.42. The number of nitrogens with two attached hydrogens (primary N) is 1. The van der Waals surface area contributed by atoms with Crippen LogP contribution in [0.15, 0.2) is 12.3 Å². The number of halogens is 3. The van der Waals surface area contributed by atoms with Crippen LogP contribution in [-0.4, -0.2) is 35.1 Å². The minimum Gasteiger partial charge on any atom is -0.382 e. The summed E-state index contributed by atoms with van der Waals surface area (Å²) < 4.78 is 38.1. The molecule has 5 nitrogen and oxygen atoms in total. The Balaban J connectivity index is 2.17. The second kappa shape index (κ2) is 5.02. The van der Waals surface area contributed by atoms with Crippen molar-refractivity contribution >= 4 is 11.8 Å². The molecule has 0 saturated carbocycles. The molecule has 1 aromatic rings. The molecular formula is C11H14F3N5. The molecule has 104 valence electrons. The average Bonchev–Trinajstić information content (AvgIpc) is 2.38. The van der Waals surface area contributed by atoms with E-state index in [1.54, 1.807) is 0 Å². The van der Waals surface area contributed by atoms with Crippen LogP contribution in [0.2, 0.25) is 0 Å². The summed E-state index contributed by atoms with van der Waals surface area (Å²) in [6.07, 6.45) is -2.22. The fourth-order valence-electron chi connectivity index (χ4n) is 2.08. The minimum atomic E-state index is -4.20. The smallest absolute Gasteiger partial charge is 0.382 e. The Hall–Kier alpha value is -1.86. The first-order valence-electron chi connectivity index (χ1n) is 5.87. The fraction of sp³-hybridized carbons (Fsp3) is 0.545. The van der Waals surface area contributed by atoms with E-state index >= 15 is 0 Å². The Morgan fingerprint density at radius 2 is 2.21 bits per heavy atom. The first-order valence-corrected chi connectivity index (χ1v) is 5.87. The molecule has 1 aliphatic heterocycles. The summed E-state index contributed by atoms with van der Waals surface area (Å²) in [6.45, 7) is 0.332. The molecule has 0 radical (unpaired) electrons. The zero-order chi connectivity index (χ0) is 14.0. The zero-order valence-corrected chi connectivity index (χ0v) is 10.1. The van der Waals surface area contributed by atoms with E-state index < -0.39 is 12.1 Å². The number of nitrogens with one attached hydrogen (secondary N) is 1. The predicted molar refractivity (Wildman–Crippen MR) is 64.0 cm³/mol. The molecule has 1 fully saturated rings. The van der Waals surface area contributed by atoms with Crippen LogP contribution in [0.25, 0.3) is 0 Å². The highest BCUT2D eigenvalue weighted by Gasteiger charge is 2.42. The van der Waals surface area contributed by atoms with E-state index in [0.717, 1.165) is 0 Å². The maximum atomic E-state index is 12.7. The third kappa shape index (κ3) is 3.12. The summed E-state index contributed by atoms with van der Waals surface area (Å²) in [5.41, 5.74) is 5.52. The number of nitrogen functional groups attached to an aromatic ring is 1. The minimum absolute atomic E-state index is 0.131. The number of anilines is 1. The lowest BCUT2D eigenvalue weighted by Gasteiger charge is -2.33. The topological polar surface area (TPSA) is 78.9 Å². The van der Waals surface area contributed by atoms with E-state index in [1.807, 2.05) is 0 Å². The number of nitrogens with zero attached hydrogens (tertiary/aromatic N) is 3. The van der Waals surface area contributed by atoms with Crippen LogP contribution in [0.4, 0.5) is 19.1 Å². The van der Waals surface area contributed by atoms with E-state index in [4.69, 9.17) is 11.1 Å². The summed E-state index contributed by atoms with van der Waals surface area (Å²) in [5.74, 6) is -1.39. The molecule has 3 N–H and O–H groups in total. The normalized spacial score (nSPS) is 20.4. The number of alkyl halides is 3. The van der Waals surface area contributed by atoms with Crippen molar-refractivity contribution in [3.05, 3.63) is 18.0 Å². The van der Waals surface area contributed by atoms with Crippen molar-refractivity contribution in [2.45, 2.75) is 19.0 Å². The standard InChI is InChI=1S/C11H14F3N5/c12-11(13,14)7-2-1-5-19(6-7)10-17-4-3-8(18-10)9(15)16/h3-4,7H,1-2,5-6H2,(H3,15,16). The fourth-order valence-corrected chi connectivity index (χ4v) is 2.08. The van der Waals surface area contributed by atoms with Crippen LogP contribution in [0.3, 0.4) is 0 Å². The quantitative estimate of drug-likeness (QED) is 0.633. The lowest BCUT2D eigenvalue weighted by molar-refractivity contribution is -0.176. The molecule has 0 spiro atoms. The molecule has 1 aromatic heterocycles. The van der Waals surface area contributed by atoms with Crippen LogP contribution in [0, 0.1) is 11.3 Å². The first-order chi connectivity index (χ1) is 8.88. The van der Waals surface area contributed by atoms with Gasteiger partial charge in [-0.15, -0.1) is 0 Å². The van der Waals surface area contributed by atoms with Crippen molar-refractivity contribution in [3.63, 3.8) is 0 Å². The van der Waals surface area contributed by atoms with Gasteiger partial charge in [0.2, 0.25) is 5.95 Å². The second-order valence-electron chi connectivity index (χ2n) is 4.48. The largest absolute Gasteiger partial charge is 0.393 e. The van der Waals surface area contributed by atoms with Crippen LogP contribution in [-0.2, 0) is 0 Å². The predicted octanol–water partition coefficient (Wildman–Crippen LogP) is 1.54. The van der Waals surface area contributed by atoms with Crippen LogP contribution >= 0.6 is 0 Å². The highest BCUT2D eigenvalue weighted by Crippen LogP contribution is 2.33.